The molecule has 1 aromatic carbocycles. The van der Waals surface area contributed by atoms with E-state index in [1.165, 1.54) is 0 Å². The van der Waals surface area contributed by atoms with Gasteiger partial charge in [-0.3, -0.25) is 9.59 Å². The van der Waals surface area contributed by atoms with E-state index in [-0.39, 0.29) is 18.6 Å². The predicted molar refractivity (Wildman–Crippen MR) is 135 cm³/mol. The number of halogens is 2. The molecule has 36 heavy (non-hydrogen) atoms. The fourth-order valence-corrected chi connectivity index (χ4v) is 4.22. The van der Waals surface area contributed by atoms with E-state index in [2.05, 4.69) is 16.0 Å². The van der Waals surface area contributed by atoms with Crippen LogP contribution in [0.5, 0.6) is 0 Å². The van der Waals surface area contributed by atoms with Crippen LogP contribution in [-0.4, -0.2) is 35.6 Å². The summed E-state index contributed by atoms with van der Waals surface area (Å²) >= 11 is 11.9. The van der Waals surface area contributed by atoms with E-state index in [4.69, 9.17) is 33.6 Å². The van der Waals surface area contributed by atoms with Crippen molar-refractivity contribution in [2.75, 3.05) is 0 Å². The van der Waals surface area contributed by atoms with Gasteiger partial charge in [-0.15, -0.1) is 0 Å². The molecule has 0 unspecified atom stereocenters. The molecule has 0 aliphatic carbocycles. The van der Waals surface area contributed by atoms with Crippen LogP contribution < -0.4 is 0 Å². The minimum absolute atomic E-state index is 0.0621. The van der Waals surface area contributed by atoms with Gasteiger partial charge in [-0.2, -0.15) is 5.26 Å². The van der Waals surface area contributed by atoms with Crippen LogP contribution in [0, 0.1) is 11.3 Å². The maximum Gasteiger partial charge on any atom is 0.309 e. The number of ketones is 1. The molecule has 5 rings (SSSR count). The second-order valence-corrected chi connectivity index (χ2v) is 8.85. The van der Waals surface area contributed by atoms with Crippen LogP contribution in [0.2, 0.25) is 10.0 Å². The molecule has 5 aromatic rings. The molecule has 0 radical (unpaired) electrons. The van der Waals surface area contributed by atoms with Crippen molar-refractivity contribution in [2.45, 2.75) is 19.3 Å². The van der Waals surface area contributed by atoms with Crippen molar-refractivity contribution >= 4 is 46.0 Å². The van der Waals surface area contributed by atoms with Gasteiger partial charge < -0.3 is 13.9 Å². The summed E-state index contributed by atoms with van der Waals surface area (Å²) in [7, 11) is 0. The van der Waals surface area contributed by atoms with Gasteiger partial charge in [0.05, 0.1) is 54.1 Å². The smallest absolute Gasteiger partial charge is 0.309 e. The third-order valence-corrected chi connectivity index (χ3v) is 5.77. The highest BCUT2D eigenvalue weighted by Gasteiger charge is 2.10. The molecule has 1 N–H and O–H groups in total. The van der Waals surface area contributed by atoms with Gasteiger partial charge >= 0.3 is 5.97 Å². The maximum atomic E-state index is 12.3. The number of benzene rings is 1. The highest BCUT2D eigenvalue weighted by Crippen LogP contribution is 2.18. The number of fused-ring (bicyclic) bond motifs is 2. The van der Waals surface area contributed by atoms with Gasteiger partial charge in [-0.05, 0) is 42.0 Å². The van der Waals surface area contributed by atoms with E-state index < -0.39 is 5.97 Å². The quantitative estimate of drug-likeness (QED) is 0.343. The van der Waals surface area contributed by atoms with E-state index >= 15 is 0 Å². The molecule has 0 aliphatic rings. The summed E-state index contributed by atoms with van der Waals surface area (Å²) in [6.45, 7) is 0. The first kappa shape index (κ1) is 24.9. The van der Waals surface area contributed by atoms with Crippen LogP contribution in [0.4, 0.5) is 0 Å². The Bertz CT molecular complexity index is 1600. The highest BCUT2D eigenvalue weighted by atomic mass is 35.5. The zero-order chi connectivity index (χ0) is 25.7. The van der Waals surface area contributed by atoms with Gasteiger partial charge in [0, 0.05) is 34.3 Å². The average molecular weight is 520 g/mol. The van der Waals surface area contributed by atoms with Crippen LogP contribution in [-0.2, 0) is 28.9 Å². The first-order valence-corrected chi connectivity index (χ1v) is 11.5. The molecular weight excluding hydrogens is 501 g/mol. The SMILES string of the molecule is N#Cc1ccc(CC(=O)Cc2cc(Cl)cc3cncn23)cc1.O=C(O)Cc1cc(Cl)cc2cncn12. The standard InChI is InChI=1S/C17H12ClN3O.C9H7ClN2O2/c18-14-6-15(21-11-20-10-16(21)7-14)8-17(22)5-12-1-3-13(9-19)4-2-12;10-6-1-7(3-9(13)14)12-5-11-4-8(12)2-6/h1-4,6-7,10-11H,5,8H2;1-2,4-5H,3H2,(H,13,14). The van der Waals surface area contributed by atoms with Crippen molar-refractivity contribution < 1.29 is 14.7 Å². The van der Waals surface area contributed by atoms with Gasteiger partial charge in [0.2, 0.25) is 0 Å². The van der Waals surface area contributed by atoms with E-state index in [0.717, 1.165) is 22.3 Å². The number of aliphatic carboxylic acids is 1. The fourth-order valence-electron chi connectivity index (χ4n) is 3.74. The lowest BCUT2D eigenvalue weighted by Crippen LogP contribution is -2.09. The van der Waals surface area contributed by atoms with Gasteiger partial charge in [-0.1, -0.05) is 35.3 Å². The summed E-state index contributed by atoms with van der Waals surface area (Å²) < 4.78 is 3.57. The molecule has 0 atom stereocenters. The Morgan fingerprint density at radius 2 is 1.36 bits per heavy atom. The number of carbonyl (C=O) groups excluding carboxylic acids is 1. The first-order valence-electron chi connectivity index (χ1n) is 10.8. The summed E-state index contributed by atoms with van der Waals surface area (Å²) in [5, 5.41) is 18.6. The number of carboxylic acid groups (broad SMARTS) is 1. The maximum absolute atomic E-state index is 12.3. The van der Waals surface area contributed by atoms with E-state index in [1.54, 1.807) is 71.9 Å². The molecule has 0 fully saturated rings. The molecule has 8 nitrogen and oxygen atoms in total. The zero-order valence-electron chi connectivity index (χ0n) is 18.8. The minimum atomic E-state index is -0.887. The van der Waals surface area contributed by atoms with Crippen molar-refractivity contribution in [3.05, 3.63) is 106 Å². The van der Waals surface area contributed by atoms with Crippen LogP contribution in [0.3, 0.4) is 0 Å². The van der Waals surface area contributed by atoms with Gasteiger partial charge in [0.25, 0.3) is 0 Å². The third-order valence-electron chi connectivity index (χ3n) is 5.33. The number of imidazole rings is 2. The zero-order valence-corrected chi connectivity index (χ0v) is 20.3. The van der Waals surface area contributed by atoms with Gasteiger partial charge in [0.1, 0.15) is 5.78 Å². The summed E-state index contributed by atoms with van der Waals surface area (Å²) in [6, 6.07) is 16.1. The number of rotatable bonds is 6. The number of pyridine rings is 2. The van der Waals surface area contributed by atoms with Crippen LogP contribution in [0.15, 0.2) is 73.6 Å². The Labute approximate surface area is 216 Å². The van der Waals surface area contributed by atoms with Crippen LogP contribution in [0.1, 0.15) is 22.5 Å². The number of nitriles is 1. The Kier molecular flexibility index (Phi) is 7.64. The Morgan fingerprint density at radius 1 is 0.833 bits per heavy atom. The number of aromatic nitrogens is 4. The van der Waals surface area contributed by atoms with Crippen molar-refractivity contribution in [2.24, 2.45) is 0 Å². The number of carbonyl (C=O) groups is 2. The second kappa shape index (κ2) is 11.0. The number of hydrogen-bond donors (Lipinski definition) is 1. The van der Waals surface area contributed by atoms with E-state index in [9.17, 15) is 9.59 Å². The number of nitrogens with zero attached hydrogens (tertiary/aromatic N) is 5. The number of carboxylic acids is 1. The summed E-state index contributed by atoms with van der Waals surface area (Å²) in [6.07, 6.45) is 7.15. The molecule has 0 bridgehead atoms. The molecule has 0 aliphatic heterocycles. The molecule has 4 heterocycles. The Morgan fingerprint density at radius 3 is 1.86 bits per heavy atom. The summed E-state index contributed by atoms with van der Waals surface area (Å²) in [5.41, 5.74) is 4.60. The third kappa shape index (κ3) is 6.08. The van der Waals surface area contributed by atoms with Gasteiger partial charge in [-0.25, -0.2) is 9.97 Å². The van der Waals surface area contributed by atoms with Gasteiger partial charge in [0.15, 0.2) is 0 Å². The summed E-state index contributed by atoms with van der Waals surface area (Å²) in [5.74, 6) is -0.802. The molecule has 0 amide bonds. The molecule has 0 spiro atoms. The normalized spacial score (nSPS) is 10.6. The molecule has 180 valence electrons. The summed E-state index contributed by atoms with van der Waals surface area (Å²) in [4.78, 5) is 30.8. The largest absolute Gasteiger partial charge is 0.481 e. The minimum Gasteiger partial charge on any atom is -0.481 e. The molecule has 0 saturated carbocycles. The molecular formula is C26H19Cl2N5O3. The first-order chi connectivity index (χ1) is 17.3. The lowest BCUT2D eigenvalue weighted by atomic mass is 10.0. The number of Topliss-reactive ketones (excluding diaryl/α,β-unsaturated/α-hetero) is 1. The average Bonchev–Trinajstić information content (AvgIpc) is 3.49. The Balaban J connectivity index is 0.000000187. The molecule has 4 aromatic heterocycles. The predicted octanol–water partition coefficient (Wildman–Crippen LogP) is 4.83. The highest BCUT2D eigenvalue weighted by molar-refractivity contribution is 6.31. The van der Waals surface area contributed by atoms with Crippen molar-refractivity contribution in [3.63, 3.8) is 0 Å². The van der Waals surface area contributed by atoms with Crippen LogP contribution in [0.25, 0.3) is 11.0 Å². The van der Waals surface area contributed by atoms with Crippen molar-refractivity contribution in [1.29, 1.82) is 5.26 Å². The number of hydrogen-bond acceptors (Lipinski definition) is 5. The Hall–Kier alpha value is -4.19. The molecule has 10 heteroatoms. The lowest BCUT2D eigenvalue weighted by Gasteiger charge is -2.06. The fraction of sp³-hybridized carbons (Fsp3) is 0.115. The topological polar surface area (TPSA) is 113 Å². The van der Waals surface area contributed by atoms with Crippen molar-refractivity contribution in [3.8, 4) is 6.07 Å². The second-order valence-electron chi connectivity index (χ2n) is 7.98. The monoisotopic (exact) mass is 519 g/mol. The molecule has 0 saturated heterocycles. The lowest BCUT2D eigenvalue weighted by molar-refractivity contribution is -0.136. The van der Waals surface area contributed by atoms with E-state index in [0.29, 0.717) is 27.7 Å². The van der Waals surface area contributed by atoms with Crippen molar-refractivity contribution in [1.82, 2.24) is 18.8 Å². The van der Waals surface area contributed by atoms with E-state index in [1.807, 2.05) is 10.5 Å². The van der Waals surface area contributed by atoms with Crippen LogP contribution >= 0.6 is 23.2 Å².